The Morgan fingerprint density at radius 2 is 1.59 bits per heavy atom. The Kier molecular flexibility index (Phi) is 8.81. The summed E-state index contributed by atoms with van der Waals surface area (Å²) >= 11 is 18.5. The first-order valence-electron chi connectivity index (χ1n) is 9.50. The van der Waals surface area contributed by atoms with Crippen LogP contribution in [0.5, 0.6) is 0 Å². The summed E-state index contributed by atoms with van der Waals surface area (Å²) in [5.74, 6) is -0.415. The number of nitrogens with one attached hydrogen (secondary N) is 1. The summed E-state index contributed by atoms with van der Waals surface area (Å²) in [7, 11) is 0. The number of hydrogen-bond donors (Lipinski definition) is 1. The minimum atomic E-state index is -0.684. The molecule has 2 unspecified atom stereocenters. The van der Waals surface area contributed by atoms with Gasteiger partial charge in [-0.15, -0.1) is 0 Å². The van der Waals surface area contributed by atoms with E-state index in [9.17, 15) is 9.59 Å². The van der Waals surface area contributed by atoms with E-state index in [1.165, 1.54) is 4.90 Å². The molecule has 7 heteroatoms. The van der Waals surface area contributed by atoms with Crippen molar-refractivity contribution in [3.05, 3.63) is 68.7 Å². The molecule has 2 aromatic rings. The molecule has 0 radical (unpaired) electrons. The topological polar surface area (TPSA) is 49.4 Å². The molecule has 0 aromatic heterocycles. The van der Waals surface area contributed by atoms with Gasteiger partial charge >= 0.3 is 0 Å². The zero-order valence-corrected chi connectivity index (χ0v) is 19.0. The molecule has 0 heterocycles. The van der Waals surface area contributed by atoms with Gasteiger partial charge in [0.1, 0.15) is 6.04 Å². The SMILES string of the molecule is CCC(C)NC(=O)C(C)N(Cc1c(Cl)cccc1Cl)C(=O)Cc1ccc(Cl)cc1. The molecule has 0 spiro atoms. The van der Waals surface area contributed by atoms with Crippen LogP contribution in [0.25, 0.3) is 0 Å². The van der Waals surface area contributed by atoms with Gasteiger partial charge in [-0.05, 0) is 50.1 Å². The molecule has 1 N–H and O–H groups in total. The molecule has 2 aromatic carbocycles. The molecule has 0 bridgehead atoms. The minimum absolute atomic E-state index is 0.0158. The van der Waals surface area contributed by atoms with Crippen LogP contribution in [0.3, 0.4) is 0 Å². The van der Waals surface area contributed by atoms with E-state index in [-0.39, 0.29) is 30.8 Å². The summed E-state index contributed by atoms with van der Waals surface area (Å²) < 4.78 is 0. The van der Waals surface area contributed by atoms with E-state index < -0.39 is 6.04 Å². The summed E-state index contributed by atoms with van der Waals surface area (Å²) in [6.07, 6.45) is 0.938. The van der Waals surface area contributed by atoms with Crippen molar-refractivity contribution in [2.45, 2.75) is 52.2 Å². The lowest BCUT2D eigenvalue weighted by Crippen LogP contribution is -2.50. The molecular formula is C22H25Cl3N2O2. The van der Waals surface area contributed by atoms with Gasteiger partial charge in [0.2, 0.25) is 11.8 Å². The number of nitrogens with zero attached hydrogens (tertiary/aromatic N) is 1. The van der Waals surface area contributed by atoms with Crippen LogP contribution in [0, 0.1) is 0 Å². The number of benzene rings is 2. The van der Waals surface area contributed by atoms with Crippen molar-refractivity contribution in [3.63, 3.8) is 0 Å². The minimum Gasteiger partial charge on any atom is -0.352 e. The molecule has 0 saturated heterocycles. The van der Waals surface area contributed by atoms with Crippen LogP contribution in [-0.2, 0) is 22.6 Å². The van der Waals surface area contributed by atoms with E-state index in [1.54, 1.807) is 49.4 Å². The molecule has 0 fully saturated rings. The normalized spacial score (nSPS) is 12.9. The summed E-state index contributed by atoms with van der Waals surface area (Å²) in [6.45, 7) is 5.76. The number of halogens is 3. The predicted molar refractivity (Wildman–Crippen MR) is 120 cm³/mol. The monoisotopic (exact) mass is 454 g/mol. The van der Waals surface area contributed by atoms with Crippen LogP contribution in [-0.4, -0.2) is 28.8 Å². The Morgan fingerprint density at radius 3 is 2.14 bits per heavy atom. The molecular weight excluding hydrogens is 431 g/mol. The summed E-state index contributed by atoms with van der Waals surface area (Å²) in [5, 5.41) is 4.44. The van der Waals surface area contributed by atoms with Crippen molar-refractivity contribution in [3.8, 4) is 0 Å². The highest BCUT2D eigenvalue weighted by atomic mass is 35.5. The molecule has 0 aliphatic heterocycles. The number of rotatable bonds is 8. The van der Waals surface area contributed by atoms with E-state index in [0.717, 1.165) is 12.0 Å². The van der Waals surface area contributed by atoms with E-state index in [0.29, 0.717) is 20.6 Å². The van der Waals surface area contributed by atoms with Gasteiger partial charge in [0, 0.05) is 33.2 Å². The largest absolute Gasteiger partial charge is 0.352 e. The zero-order chi connectivity index (χ0) is 21.6. The Morgan fingerprint density at radius 1 is 1.00 bits per heavy atom. The number of hydrogen-bond acceptors (Lipinski definition) is 2. The number of carbonyl (C=O) groups is 2. The maximum absolute atomic E-state index is 13.2. The van der Waals surface area contributed by atoms with Crippen molar-refractivity contribution < 1.29 is 9.59 Å². The van der Waals surface area contributed by atoms with E-state index in [2.05, 4.69) is 5.32 Å². The highest BCUT2D eigenvalue weighted by molar-refractivity contribution is 6.36. The molecule has 2 rings (SSSR count). The molecule has 2 amide bonds. The van der Waals surface area contributed by atoms with Crippen LogP contribution >= 0.6 is 34.8 Å². The fourth-order valence-corrected chi connectivity index (χ4v) is 3.42. The highest BCUT2D eigenvalue weighted by Crippen LogP contribution is 2.27. The van der Waals surface area contributed by atoms with Crippen LogP contribution < -0.4 is 5.32 Å². The van der Waals surface area contributed by atoms with Crippen LogP contribution in [0.4, 0.5) is 0 Å². The van der Waals surface area contributed by atoms with Crippen molar-refractivity contribution in [1.29, 1.82) is 0 Å². The van der Waals surface area contributed by atoms with Gasteiger partial charge in [-0.25, -0.2) is 0 Å². The second-order valence-corrected chi connectivity index (χ2v) is 8.27. The van der Waals surface area contributed by atoms with E-state index >= 15 is 0 Å². The fraction of sp³-hybridized carbons (Fsp3) is 0.364. The third kappa shape index (κ3) is 6.63. The quantitative estimate of drug-likeness (QED) is 0.569. The van der Waals surface area contributed by atoms with Crippen molar-refractivity contribution in [2.24, 2.45) is 0 Å². The first-order valence-corrected chi connectivity index (χ1v) is 10.6. The van der Waals surface area contributed by atoms with Crippen molar-refractivity contribution in [2.75, 3.05) is 0 Å². The second kappa shape index (κ2) is 10.9. The molecule has 0 saturated carbocycles. The van der Waals surface area contributed by atoms with E-state index in [1.807, 2.05) is 13.8 Å². The number of carbonyl (C=O) groups excluding carboxylic acids is 2. The Bertz CT molecular complexity index is 835. The lowest BCUT2D eigenvalue weighted by atomic mass is 10.1. The van der Waals surface area contributed by atoms with Crippen molar-refractivity contribution in [1.82, 2.24) is 10.2 Å². The first-order chi connectivity index (χ1) is 13.7. The van der Waals surface area contributed by atoms with Gasteiger partial charge in [0.15, 0.2) is 0 Å². The summed E-state index contributed by atoms with van der Waals surface area (Å²) in [6, 6.07) is 11.6. The molecule has 156 valence electrons. The number of amides is 2. The van der Waals surface area contributed by atoms with Crippen LogP contribution in [0.1, 0.15) is 38.3 Å². The van der Waals surface area contributed by atoms with Crippen molar-refractivity contribution >= 4 is 46.6 Å². The smallest absolute Gasteiger partial charge is 0.242 e. The van der Waals surface area contributed by atoms with Gasteiger partial charge < -0.3 is 10.2 Å². The lowest BCUT2D eigenvalue weighted by molar-refractivity contribution is -0.140. The Balaban J connectivity index is 2.29. The van der Waals surface area contributed by atoms with Gasteiger partial charge in [0.05, 0.1) is 6.42 Å². The zero-order valence-electron chi connectivity index (χ0n) is 16.7. The molecule has 0 aliphatic carbocycles. The third-order valence-electron chi connectivity index (χ3n) is 4.83. The highest BCUT2D eigenvalue weighted by Gasteiger charge is 2.28. The molecule has 4 nitrogen and oxygen atoms in total. The lowest BCUT2D eigenvalue weighted by Gasteiger charge is -2.30. The van der Waals surface area contributed by atoms with Crippen LogP contribution in [0.15, 0.2) is 42.5 Å². The Hall–Kier alpha value is -1.75. The summed E-state index contributed by atoms with van der Waals surface area (Å²) in [5.41, 5.74) is 1.42. The second-order valence-electron chi connectivity index (χ2n) is 7.02. The molecule has 2 atom stereocenters. The van der Waals surface area contributed by atoms with Gasteiger partial charge in [-0.3, -0.25) is 9.59 Å². The summed E-state index contributed by atoms with van der Waals surface area (Å²) in [4.78, 5) is 27.4. The predicted octanol–water partition coefficient (Wildman–Crippen LogP) is 5.52. The maximum Gasteiger partial charge on any atom is 0.242 e. The molecule has 29 heavy (non-hydrogen) atoms. The van der Waals surface area contributed by atoms with Gasteiger partial charge in [-0.1, -0.05) is 59.9 Å². The molecule has 0 aliphatic rings. The van der Waals surface area contributed by atoms with Gasteiger partial charge in [0.25, 0.3) is 0 Å². The average Bonchev–Trinajstić information content (AvgIpc) is 2.68. The Labute approximate surface area is 187 Å². The maximum atomic E-state index is 13.2. The van der Waals surface area contributed by atoms with Crippen LogP contribution in [0.2, 0.25) is 15.1 Å². The standard InChI is InChI=1S/C22H25Cl3N2O2/c1-4-14(2)26-22(29)15(3)27(13-18-19(24)6-5-7-20(18)25)21(28)12-16-8-10-17(23)11-9-16/h5-11,14-15H,4,12-13H2,1-3H3,(H,26,29). The van der Waals surface area contributed by atoms with E-state index in [4.69, 9.17) is 34.8 Å². The average molecular weight is 456 g/mol. The third-order valence-corrected chi connectivity index (χ3v) is 5.79. The van der Waals surface area contributed by atoms with Gasteiger partial charge in [-0.2, -0.15) is 0 Å². The fourth-order valence-electron chi connectivity index (χ4n) is 2.78. The first kappa shape index (κ1) is 23.5.